The van der Waals surface area contributed by atoms with Gasteiger partial charge in [0.05, 0.1) is 11.8 Å². The van der Waals surface area contributed by atoms with E-state index in [-0.39, 0.29) is 35.6 Å². The van der Waals surface area contributed by atoms with Crippen molar-refractivity contribution in [2.24, 2.45) is 23.7 Å². The number of rotatable bonds is 1. The molecule has 0 aromatic heterocycles. The van der Waals surface area contributed by atoms with Crippen LogP contribution >= 0.6 is 0 Å². The molecule has 2 aliphatic rings. The summed E-state index contributed by atoms with van der Waals surface area (Å²) in [5.74, 6) is -0.794. The lowest BCUT2D eigenvalue weighted by Crippen LogP contribution is -2.18. The van der Waals surface area contributed by atoms with Gasteiger partial charge in [0, 0.05) is 0 Å². The van der Waals surface area contributed by atoms with Crippen LogP contribution in [0.1, 0.15) is 27.2 Å². The maximum atomic E-state index is 11.3. The van der Waals surface area contributed by atoms with Gasteiger partial charge in [0.1, 0.15) is 0 Å². The van der Waals surface area contributed by atoms with Gasteiger partial charge in [0.15, 0.2) is 0 Å². The van der Waals surface area contributed by atoms with E-state index in [0.29, 0.717) is 0 Å². The fourth-order valence-electron chi connectivity index (χ4n) is 2.52. The number of hydrogen-bond donors (Lipinski definition) is 0. The van der Waals surface area contributed by atoms with Crippen LogP contribution in [0.15, 0.2) is 12.7 Å². The molecule has 1 heterocycles. The quantitative estimate of drug-likeness (QED) is 0.378. The Kier molecular flexibility index (Phi) is 3.66. The van der Waals surface area contributed by atoms with Crippen molar-refractivity contribution in [1.29, 1.82) is 0 Å². The van der Waals surface area contributed by atoms with Gasteiger partial charge >= 0.3 is 11.9 Å². The molecular formula is C12H18O3. The third-order valence-corrected chi connectivity index (χ3v) is 3.15. The van der Waals surface area contributed by atoms with Crippen LogP contribution in [0.2, 0.25) is 0 Å². The molecule has 0 spiro atoms. The second kappa shape index (κ2) is 4.60. The average molecular weight is 210 g/mol. The summed E-state index contributed by atoms with van der Waals surface area (Å²) in [6, 6.07) is 0. The Morgan fingerprint density at radius 1 is 1.27 bits per heavy atom. The van der Waals surface area contributed by atoms with Crippen LogP contribution in [0.25, 0.3) is 0 Å². The molecule has 2 fully saturated rings. The van der Waals surface area contributed by atoms with Gasteiger partial charge < -0.3 is 4.74 Å². The van der Waals surface area contributed by atoms with E-state index in [9.17, 15) is 9.59 Å². The van der Waals surface area contributed by atoms with E-state index in [1.165, 1.54) is 0 Å². The van der Waals surface area contributed by atoms with E-state index in [1.54, 1.807) is 6.08 Å². The second-order valence-electron chi connectivity index (χ2n) is 3.90. The first-order valence-corrected chi connectivity index (χ1v) is 5.53. The van der Waals surface area contributed by atoms with Crippen LogP contribution in [0.5, 0.6) is 0 Å². The van der Waals surface area contributed by atoms with Crippen LogP contribution < -0.4 is 0 Å². The van der Waals surface area contributed by atoms with Gasteiger partial charge in [0.2, 0.25) is 0 Å². The molecule has 3 heteroatoms. The Morgan fingerprint density at radius 3 is 2.33 bits per heavy atom. The van der Waals surface area contributed by atoms with Crippen LogP contribution in [0.3, 0.4) is 0 Å². The van der Waals surface area contributed by atoms with Gasteiger partial charge in [-0.3, -0.25) is 9.59 Å². The highest BCUT2D eigenvalue weighted by Crippen LogP contribution is 2.46. The lowest BCUT2D eigenvalue weighted by atomic mass is 9.90. The Balaban J connectivity index is 0.000000531. The number of carbonyl (C=O) groups excluding carboxylic acids is 2. The van der Waals surface area contributed by atoms with Crippen LogP contribution in [-0.2, 0) is 14.3 Å². The molecule has 0 N–H and O–H groups in total. The van der Waals surface area contributed by atoms with Crippen molar-refractivity contribution in [3.8, 4) is 0 Å². The van der Waals surface area contributed by atoms with Crippen molar-refractivity contribution < 1.29 is 14.3 Å². The molecule has 1 saturated heterocycles. The molecule has 3 nitrogen and oxygen atoms in total. The number of allylic oxidation sites excluding steroid dienone is 1. The van der Waals surface area contributed by atoms with Crippen molar-refractivity contribution in [2.75, 3.05) is 0 Å². The van der Waals surface area contributed by atoms with Crippen molar-refractivity contribution in [3.63, 3.8) is 0 Å². The van der Waals surface area contributed by atoms with Crippen LogP contribution in [0.4, 0.5) is 0 Å². The fourth-order valence-corrected chi connectivity index (χ4v) is 2.52. The minimum Gasteiger partial charge on any atom is -0.393 e. The van der Waals surface area contributed by atoms with Gasteiger partial charge in [-0.15, -0.1) is 6.58 Å². The minimum atomic E-state index is -0.357. The highest BCUT2D eigenvalue weighted by Gasteiger charge is 2.54. The minimum absolute atomic E-state index is 0.124. The van der Waals surface area contributed by atoms with Gasteiger partial charge in [-0.2, -0.15) is 0 Å². The predicted octanol–water partition coefficient (Wildman–Crippen LogP) is 2.17. The first kappa shape index (κ1) is 12.0. The molecule has 0 aromatic carbocycles. The SMILES string of the molecule is C=CC1CC(C)C2C(=O)OC(=O)C12.CC. The lowest BCUT2D eigenvalue weighted by molar-refractivity contribution is -0.154. The van der Waals surface area contributed by atoms with E-state index >= 15 is 0 Å². The van der Waals surface area contributed by atoms with E-state index in [1.807, 2.05) is 20.8 Å². The highest BCUT2D eigenvalue weighted by molar-refractivity contribution is 5.97. The van der Waals surface area contributed by atoms with Crippen LogP contribution in [-0.4, -0.2) is 11.9 Å². The zero-order chi connectivity index (χ0) is 11.6. The molecule has 0 amide bonds. The molecule has 2 rings (SSSR count). The molecule has 1 aliphatic heterocycles. The molecule has 4 atom stereocenters. The number of hydrogen-bond acceptors (Lipinski definition) is 3. The summed E-state index contributed by atoms with van der Waals surface area (Å²) in [5.41, 5.74) is 0. The Bertz CT molecular complexity index is 283. The first-order valence-electron chi connectivity index (χ1n) is 5.53. The van der Waals surface area contributed by atoms with Gasteiger partial charge in [0.25, 0.3) is 0 Å². The molecule has 0 aromatic rings. The van der Waals surface area contributed by atoms with Crippen LogP contribution in [0, 0.1) is 23.7 Å². The molecule has 15 heavy (non-hydrogen) atoms. The number of esters is 2. The van der Waals surface area contributed by atoms with Gasteiger partial charge in [-0.25, -0.2) is 0 Å². The summed E-state index contributed by atoms with van der Waals surface area (Å²) < 4.78 is 4.61. The Morgan fingerprint density at radius 2 is 1.80 bits per heavy atom. The molecule has 84 valence electrons. The fraction of sp³-hybridized carbons (Fsp3) is 0.667. The largest absolute Gasteiger partial charge is 0.393 e. The normalized spacial score (nSPS) is 37.8. The molecular weight excluding hydrogens is 192 g/mol. The van der Waals surface area contributed by atoms with Crippen molar-refractivity contribution in [3.05, 3.63) is 12.7 Å². The van der Waals surface area contributed by atoms with Crippen molar-refractivity contribution >= 4 is 11.9 Å². The summed E-state index contributed by atoms with van der Waals surface area (Å²) in [4.78, 5) is 22.6. The summed E-state index contributed by atoms with van der Waals surface area (Å²) in [5, 5.41) is 0. The average Bonchev–Trinajstić information content (AvgIpc) is 2.71. The third kappa shape index (κ3) is 1.83. The Labute approximate surface area is 90.5 Å². The Hall–Kier alpha value is -1.12. The highest BCUT2D eigenvalue weighted by atomic mass is 16.6. The van der Waals surface area contributed by atoms with Crippen molar-refractivity contribution in [2.45, 2.75) is 27.2 Å². The number of carbonyl (C=O) groups is 2. The molecule has 0 bridgehead atoms. The summed E-state index contributed by atoms with van der Waals surface area (Å²) in [6.07, 6.45) is 2.64. The predicted molar refractivity (Wildman–Crippen MR) is 56.9 cm³/mol. The molecule has 1 saturated carbocycles. The van der Waals surface area contributed by atoms with E-state index < -0.39 is 0 Å². The maximum Gasteiger partial charge on any atom is 0.318 e. The zero-order valence-electron chi connectivity index (χ0n) is 9.53. The molecule has 1 aliphatic carbocycles. The van der Waals surface area contributed by atoms with E-state index in [0.717, 1.165) is 6.42 Å². The summed E-state index contributed by atoms with van der Waals surface area (Å²) in [7, 11) is 0. The topological polar surface area (TPSA) is 43.4 Å². The maximum absolute atomic E-state index is 11.3. The first-order chi connectivity index (χ1) is 7.15. The second-order valence-corrected chi connectivity index (χ2v) is 3.90. The van der Waals surface area contributed by atoms with E-state index in [2.05, 4.69) is 11.3 Å². The number of ether oxygens (including phenoxy) is 1. The molecule has 4 unspecified atom stereocenters. The van der Waals surface area contributed by atoms with Crippen molar-refractivity contribution in [1.82, 2.24) is 0 Å². The zero-order valence-corrected chi connectivity index (χ0v) is 9.53. The lowest BCUT2D eigenvalue weighted by Gasteiger charge is -2.07. The standard InChI is InChI=1S/C10H12O3.C2H6/c1-3-6-4-5(2)7-8(6)10(12)13-9(7)11;1-2/h3,5-8H,1,4H2,2H3;1-2H3. The number of fused-ring (bicyclic) bond motifs is 1. The smallest absolute Gasteiger partial charge is 0.318 e. The summed E-state index contributed by atoms with van der Waals surface area (Å²) >= 11 is 0. The van der Waals surface area contributed by atoms with Gasteiger partial charge in [-0.1, -0.05) is 26.8 Å². The molecule has 0 radical (unpaired) electrons. The van der Waals surface area contributed by atoms with E-state index in [4.69, 9.17) is 0 Å². The summed E-state index contributed by atoms with van der Waals surface area (Å²) in [6.45, 7) is 9.67. The third-order valence-electron chi connectivity index (χ3n) is 3.15. The monoisotopic (exact) mass is 210 g/mol. The van der Waals surface area contributed by atoms with Gasteiger partial charge in [-0.05, 0) is 18.3 Å². The number of cyclic esters (lactones) is 2.